The van der Waals surface area contributed by atoms with Crippen LogP contribution >= 0.6 is 0 Å². The van der Waals surface area contributed by atoms with Gasteiger partial charge in [-0.3, -0.25) is 0 Å². The lowest BCUT2D eigenvalue weighted by molar-refractivity contribution is -0.0498. The summed E-state index contributed by atoms with van der Waals surface area (Å²) in [6.45, 7) is 4.49. The highest BCUT2D eigenvalue weighted by Crippen LogP contribution is 2.15. The minimum absolute atomic E-state index is 0.199. The number of nitrogens with one attached hydrogen (secondary N) is 1. The van der Waals surface area contributed by atoms with Crippen molar-refractivity contribution < 1.29 is 13.5 Å². The molecule has 0 aliphatic rings. The van der Waals surface area contributed by atoms with E-state index in [0.29, 0.717) is 12.0 Å². The zero-order chi connectivity index (χ0) is 13.5. The average Bonchev–Trinajstić information content (AvgIpc) is 2.31. The maximum atomic E-state index is 12.0. The summed E-state index contributed by atoms with van der Waals surface area (Å²) in [4.78, 5) is 0. The largest absolute Gasteiger partial charge is 0.435 e. The number of benzene rings is 1. The summed E-state index contributed by atoms with van der Waals surface area (Å²) in [6.07, 6.45) is 1.07. The zero-order valence-electron chi connectivity index (χ0n) is 11.1. The summed E-state index contributed by atoms with van der Waals surface area (Å²) < 4.78 is 28.3. The SMILES string of the molecule is CCC(NCc1ccc(OC(F)F)cc1)C(C)C. The lowest BCUT2D eigenvalue weighted by atomic mass is 10.0. The second-order valence-corrected chi connectivity index (χ2v) is 4.66. The van der Waals surface area contributed by atoms with Crippen molar-refractivity contribution in [3.63, 3.8) is 0 Å². The molecule has 2 nitrogen and oxygen atoms in total. The van der Waals surface area contributed by atoms with Crippen LogP contribution in [0.15, 0.2) is 24.3 Å². The van der Waals surface area contributed by atoms with Gasteiger partial charge in [-0.05, 0) is 30.0 Å². The van der Waals surface area contributed by atoms with E-state index in [1.807, 2.05) is 0 Å². The van der Waals surface area contributed by atoms with Gasteiger partial charge in [0.05, 0.1) is 0 Å². The Morgan fingerprint density at radius 3 is 2.22 bits per heavy atom. The molecule has 0 aliphatic carbocycles. The van der Waals surface area contributed by atoms with Gasteiger partial charge in [-0.2, -0.15) is 8.78 Å². The Labute approximate surface area is 107 Å². The van der Waals surface area contributed by atoms with E-state index >= 15 is 0 Å². The Hall–Kier alpha value is -1.16. The van der Waals surface area contributed by atoms with Crippen LogP contribution in [-0.2, 0) is 6.54 Å². The third kappa shape index (κ3) is 5.00. The van der Waals surface area contributed by atoms with Crippen LogP contribution in [0.2, 0.25) is 0 Å². The lowest BCUT2D eigenvalue weighted by Crippen LogP contribution is -2.32. The van der Waals surface area contributed by atoms with Gasteiger partial charge in [0, 0.05) is 12.6 Å². The molecular formula is C14H21F2NO. The van der Waals surface area contributed by atoms with Crippen LogP contribution in [0.1, 0.15) is 32.8 Å². The van der Waals surface area contributed by atoms with Crippen molar-refractivity contribution >= 4 is 0 Å². The van der Waals surface area contributed by atoms with Gasteiger partial charge in [0.15, 0.2) is 0 Å². The van der Waals surface area contributed by atoms with E-state index in [-0.39, 0.29) is 5.75 Å². The summed E-state index contributed by atoms with van der Waals surface area (Å²) in [5.41, 5.74) is 1.07. The highest BCUT2D eigenvalue weighted by molar-refractivity contribution is 5.27. The smallest absolute Gasteiger partial charge is 0.387 e. The third-order valence-electron chi connectivity index (χ3n) is 2.96. The Bertz CT molecular complexity index is 338. The van der Waals surface area contributed by atoms with Crippen LogP contribution in [0.25, 0.3) is 0 Å². The van der Waals surface area contributed by atoms with Crippen molar-refractivity contribution in [2.45, 2.75) is 46.4 Å². The molecule has 1 N–H and O–H groups in total. The zero-order valence-corrected chi connectivity index (χ0v) is 11.1. The summed E-state index contributed by atoms with van der Waals surface area (Å²) in [5.74, 6) is 0.779. The fourth-order valence-electron chi connectivity index (χ4n) is 1.89. The van der Waals surface area contributed by atoms with Crippen molar-refractivity contribution in [2.24, 2.45) is 5.92 Å². The first-order valence-electron chi connectivity index (χ1n) is 6.30. The van der Waals surface area contributed by atoms with Crippen molar-refractivity contribution in [3.05, 3.63) is 29.8 Å². The molecule has 0 fully saturated rings. The molecule has 0 aliphatic heterocycles. The van der Waals surface area contributed by atoms with Gasteiger partial charge >= 0.3 is 6.61 Å². The molecule has 0 bridgehead atoms. The predicted molar refractivity (Wildman–Crippen MR) is 68.8 cm³/mol. The fourth-order valence-corrected chi connectivity index (χ4v) is 1.89. The normalized spacial score (nSPS) is 13.1. The Balaban J connectivity index is 2.48. The number of halogens is 2. The molecule has 0 saturated heterocycles. The standard InChI is InChI=1S/C14H21F2NO/c1-4-13(10(2)3)17-9-11-5-7-12(8-6-11)18-14(15)16/h5-8,10,13-14,17H,4,9H2,1-3H3. The quantitative estimate of drug-likeness (QED) is 0.802. The van der Waals surface area contributed by atoms with Crippen LogP contribution in [-0.4, -0.2) is 12.7 Å². The van der Waals surface area contributed by atoms with Crippen LogP contribution < -0.4 is 10.1 Å². The van der Waals surface area contributed by atoms with Crippen LogP contribution in [0.4, 0.5) is 8.78 Å². The topological polar surface area (TPSA) is 21.3 Å². The van der Waals surface area contributed by atoms with Gasteiger partial charge in [-0.1, -0.05) is 32.9 Å². The van der Waals surface area contributed by atoms with E-state index in [4.69, 9.17) is 0 Å². The Kier molecular flexibility index (Phi) is 6.05. The highest BCUT2D eigenvalue weighted by atomic mass is 19.3. The molecule has 1 unspecified atom stereocenters. The van der Waals surface area contributed by atoms with E-state index in [1.54, 1.807) is 24.3 Å². The van der Waals surface area contributed by atoms with Crippen molar-refractivity contribution in [2.75, 3.05) is 0 Å². The van der Waals surface area contributed by atoms with Crippen LogP contribution in [0, 0.1) is 5.92 Å². The molecular weight excluding hydrogens is 236 g/mol. The minimum atomic E-state index is -2.76. The van der Waals surface area contributed by atoms with Crippen molar-refractivity contribution in [1.29, 1.82) is 0 Å². The Morgan fingerprint density at radius 1 is 1.17 bits per heavy atom. The molecule has 0 radical (unpaired) electrons. The average molecular weight is 257 g/mol. The summed E-state index contributed by atoms with van der Waals surface area (Å²) in [7, 11) is 0. The number of rotatable bonds is 7. The van der Waals surface area contributed by atoms with Crippen LogP contribution in [0.3, 0.4) is 0 Å². The summed E-state index contributed by atoms with van der Waals surface area (Å²) >= 11 is 0. The molecule has 0 heterocycles. The van der Waals surface area contributed by atoms with Gasteiger partial charge in [0.2, 0.25) is 0 Å². The van der Waals surface area contributed by atoms with E-state index in [0.717, 1.165) is 18.5 Å². The van der Waals surface area contributed by atoms with E-state index in [1.165, 1.54) is 0 Å². The first kappa shape index (κ1) is 14.9. The first-order valence-corrected chi connectivity index (χ1v) is 6.30. The predicted octanol–water partition coefficient (Wildman–Crippen LogP) is 3.81. The molecule has 1 aromatic carbocycles. The van der Waals surface area contributed by atoms with Gasteiger partial charge in [-0.15, -0.1) is 0 Å². The number of hydrogen-bond donors (Lipinski definition) is 1. The fraction of sp³-hybridized carbons (Fsp3) is 0.571. The number of alkyl halides is 2. The molecule has 1 aromatic rings. The maximum absolute atomic E-state index is 12.0. The second kappa shape index (κ2) is 7.31. The Morgan fingerprint density at radius 2 is 1.78 bits per heavy atom. The first-order chi connectivity index (χ1) is 8.52. The summed E-state index contributed by atoms with van der Waals surface area (Å²) in [6, 6.07) is 7.22. The molecule has 1 rings (SSSR count). The minimum Gasteiger partial charge on any atom is -0.435 e. The summed E-state index contributed by atoms with van der Waals surface area (Å²) in [5, 5.41) is 3.46. The van der Waals surface area contributed by atoms with E-state index in [2.05, 4.69) is 30.8 Å². The van der Waals surface area contributed by atoms with E-state index in [9.17, 15) is 8.78 Å². The third-order valence-corrected chi connectivity index (χ3v) is 2.96. The van der Waals surface area contributed by atoms with Gasteiger partial charge in [-0.25, -0.2) is 0 Å². The van der Waals surface area contributed by atoms with E-state index < -0.39 is 6.61 Å². The molecule has 18 heavy (non-hydrogen) atoms. The molecule has 1 atom stereocenters. The lowest BCUT2D eigenvalue weighted by Gasteiger charge is -2.20. The number of ether oxygens (including phenoxy) is 1. The highest BCUT2D eigenvalue weighted by Gasteiger charge is 2.10. The van der Waals surface area contributed by atoms with Gasteiger partial charge in [0.25, 0.3) is 0 Å². The maximum Gasteiger partial charge on any atom is 0.387 e. The molecule has 0 aromatic heterocycles. The molecule has 4 heteroatoms. The van der Waals surface area contributed by atoms with Crippen molar-refractivity contribution in [1.82, 2.24) is 5.32 Å². The molecule has 0 amide bonds. The molecule has 102 valence electrons. The van der Waals surface area contributed by atoms with Gasteiger partial charge < -0.3 is 10.1 Å². The van der Waals surface area contributed by atoms with Crippen LogP contribution in [0.5, 0.6) is 5.75 Å². The van der Waals surface area contributed by atoms with Gasteiger partial charge in [0.1, 0.15) is 5.75 Å². The molecule has 0 spiro atoms. The van der Waals surface area contributed by atoms with Crippen molar-refractivity contribution in [3.8, 4) is 5.75 Å². The molecule has 0 saturated carbocycles. The second-order valence-electron chi connectivity index (χ2n) is 4.66. The number of hydrogen-bond acceptors (Lipinski definition) is 2. The monoisotopic (exact) mass is 257 g/mol.